The van der Waals surface area contributed by atoms with Crippen molar-refractivity contribution in [3.63, 3.8) is 0 Å². The van der Waals surface area contributed by atoms with Crippen molar-refractivity contribution in [3.05, 3.63) is 51.6 Å². The third-order valence-electron chi connectivity index (χ3n) is 7.09. The summed E-state index contributed by atoms with van der Waals surface area (Å²) in [6.45, 7) is 4.04. The molecule has 0 unspecified atom stereocenters. The molecule has 0 saturated carbocycles. The highest BCUT2D eigenvalue weighted by atomic mass is 32.1. The van der Waals surface area contributed by atoms with E-state index in [0.29, 0.717) is 44.8 Å². The third kappa shape index (κ3) is 4.27. The van der Waals surface area contributed by atoms with Crippen molar-refractivity contribution < 1.29 is 14.4 Å². The molecule has 176 valence electrons. The molecule has 2 aromatic rings. The monoisotopic (exact) mass is 477 g/mol. The Bertz CT molecular complexity index is 1170. The van der Waals surface area contributed by atoms with Crippen LogP contribution in [-0.4, -0.2) is 63.7 Å². The lowest BCUT2D eigenvalue weighted by Gasteiger charge is -2.37. The molecule has 5 heterocycles. The first-order chi connectivity index (χ1) is 16.4. The van der Waals surface area contributed by atoms with Gasteiger partial charge in [-0.2, -0.15) is 0 Å². The minimum Gasteiger partial charge on any atom is -0.343 e. The molecule has 2 saturated heterocycles. The van der Waals surface area contributed by atoms with Gasteiger partial charge in [0.2, 0.25) is 17.7 Å². The topological polar surface area (TPSA) is 95.5 Å². The van der Waals surface area contributed by atoms with Gasteiger partial charge in [0, 0.05) is 56.3 Å². The number of amides is 3. The van der Waals surface area contributed by atoms with E-state index < -0.39 is 5.41 Å². The summed E-state index contributed by atoms with van der Waals surface area (Å²) in [6, 6.07) is 1.96. The Balaban J connectivity index is 1.25. The number of thiazole rings is 1. The zero-order valence-corrected chi connectivity index (χ0v) is 19.9. The molecule has 2 aromatic heterocycles. The van der Waals surface area contributed by atoms with Gasteiger partial charge < -0.3 is 15.1 Å². The van der Waals surface area contributed by atoms with E-state index in [1.165, 1.54) is 5.57 Å². The molecule has 0 aliphatic carbocycles. The second-order valence-corrected chi connectivity index (χ2v) is 9.80. The van der Waals surface area contributed by atoms with E-state index in [-0.39, 0.29) is 17.7 Å². The lowest BCUT2D eigenvalue weighted by Crippen LogP contribution is -2.47. The number of hydrogen-bond donors (Lipinski definition) is 1. The van der Waals surface area contributed by atoms with Crippen LogP contribution >= 0.6 is 11.3 Å². The van der Waals surface area contributed by atoms with E-state index in [4.69, 9.17) is 0 Å². The number of piperidine rings is 2. The molecule has 8 nitrogen and oxygen atoms in total. The molecule has 0 atom stereocenters. The van der Waals surface area contributed by atoms with Gasteiger partial charge >= 0.3 is 0 Å². The molecular formula is C25H27N5O3S. The fourth-order valence-electron chi connectivity index (χ4n) is 5.02. The first kappa shape index (κ1) is 22.5. The van der Waals surface area contributed by atoms with Crippen molar-refractivity contribution in [1.29, 1.82) is 0 Å². The minimum absolute atomic E-state index is 0.0214. The number of anilines is 1. The molecule has 9 heteroatoms. The number of hydrogen-bond acceptors (Lipinski definition) is 6. The van der Waals surface area contributed by atoms with Crippen LogP contribution in [0.1, 0.15) is 49.4 Å². The lowest BCUT2D eigenvalue weighted by atomic mass is 9.74. The summed E-state index contributed by atoms with van der Waals surface area (Å²) in [5, 5.41) is 4.93. The quantitative estimate of drug-likeness (QED) is 0.686. The predicted molar refractivity (Wildman–Crippen MR) is 131 cm³/mol. The number of nitrogens with one attached hydrogen (secondary N) is 1. The van der Waals surface area contributed by atoms with Crippen LogP contribution in [0, 0.1) is 0 Å². The Morgan fingerprint density at radius 3 is 2.56 bits per heavy atom. The van der Waals surface area contributed by atoms with Gasteiger partial charge in [0.15, 0.2) is 0 Å². The van der Waals surface area contributed by atoms with Crippen LogP contribution in [-0.2, 0) is 19.8 Å². The molecular weight excluding hydrogens is 450 g/mol. The summed E-state index contributed by atoms with van der Waals surface area (Å²) in [6.07, 6.45) is 10.0. The molecule has 3 aliphatic heterocycles. The van der Waals surface area contributed by atoms with Crippen LogP contribution in [0.15, 0.2) is 34.8 Å². The maximum absolute atomic E-state index is 12.9. The van der Waals surface area contributed by atoms with Crippen molar-refractivity contribution in [1.82, 2.24) is 19.8 Å². The lowest BCUT2D eigenvalue weighted by molar-refractivity contribution is -0.133. The molecule has 0 radical (unpaired) electrons. The number of carbonyl (C=O) groups excluding carboxylic acids is 3. The van der Waals surface area contributed by atoms with Crippen LogP contribution in [0.4, 0.5) is 5.82 Å². The van der Waals surface area contributed by atoms with Crippen LogP contribution < -0.4 is 5.32 Å². The molecule has 34 heavy (non-hydrogen) atoms. The third-order valence-corrected chi connectivity index (χ3v) is 7.70. The average molecular weight is 478 g/mol. The summed E-state index contributed by atoms with van der Waals surface area (Å²) in [7, 11) is 0. The molecule has 2 fully saturated rings. The zero-order chi connectivity index (χ0) is 23.7. The van der Waals surface area contributed by atoms with E-state index >= 15 is 0 Å². The van der Waals surface area contributed by atoms with Gasteiger partial charge in [-0.15, -0.1) is 11.3 Å². The van der Waals surface area contributed by atoms with Crippen molar-refractivity contribution in [2.24, 2.45) is 0 Å². The van der Waals surface area contributed by atoms with Crippen LogP contribution in [0.25, 0.3) is 12.2 Å². The van der Waals surface area contributed by atoms with Gasteiger partial charge in [0.05, 0.1) is 16.6 Å². The molecule has 3 amide bonds. The van der Waals surface area contributed by atoms with Gasteiger partial charge in [-0.1, -0.05) is 5.57 Å². The Hall–Kier alpha value is -3.33. The number of nitrogens with zero attached hydrogens (tertiary/aromatic N) is 4. The van der Waals surface area contributed by atoms with Crippen LogP contribution in [0.3, 0.4) is 0 Å². The Kier molecular flexibility index (Phi) is 6.03. The maximum Gasteiger partial charge on any atom is 0.246 e. The second-order valence-electron chi connectivity index (χ2n) is 9.08. The van der Waals surface area contributed by atoms with Crippen molar-refractivity contribution in [3.8, 4) is 0 Å². The standard InChI is InChI=1S/C25H27N5O3S/c1-17(31)29-10-6-25(7-11-29)21-13-19(14-26-23(21)28-24(25)33)2-3-22(32)30-8-4-18(5-9-30)12-20-15-34-16-27-20/h2-3,12-16H,4-11H2,1H3,(H,26,28,33)/b3-2+. The predicted octanol–water partition coefficient (Wildman–Crippen LogP) is 3.09. The highest BCUT2D eigenvalue weighted by molar-refractivity contribution is 7.07. The van der Waals surface area contributed by atoms with Crippen molar-refractivity contribution >= 4 is 47.0 Å². The van der Waals surface area contributed by atoms with Gasteiger partial charge in [-0.05, 0) is 49.5 Å². The fraction of sp³-hybridized carbons (Fsp3) is 0.400. The highest BCUT2D eigenvalue weighted by Gasteiger charge is 2.49. The smallest absolute Gasteiger partial charge is 0.246 e. The van der Waals surface area contributed by atoms with E-state index in [1.807, 2.05) is 21.9 Å². The first-order valence-electron chi connectivity index (χ1n) is 11.6. The van der Waals surface area contributed by atoms with E-state index in [0.717, 1.165) is 29.7 Å². The van der Waals surface area contributed by atoms with E-state index in [1.54, 1.807) is 41.5 Å². The van der Waals surface area contributed by atoms with Crippen LogP contribution in [0.5, 0.6) is 0 Å². The SMILES string of the molecule is CC(=O)N1CCC2(CC1)C(=O)Nc1ncc(/C=C/C(=O)N3CCC(=Cc4cscn4)CC3)cc12. The first-order valence-corrected chi connectivity index (χ1v) is 12.5. The van der Waals surface area contributed by atoms with Gasteiger partial charge in [0.1, 0.15) is 5.82 Å². The van der Waals surface area contributed by atoms with E-state index in [2.05, 4.69) is 21.4 Å². The molecule has 0 aromatic carbocycles. The Morgan fingerprint density at radius 2 is 1.88 bits per heavy atom. The molecule has 5 rings (SSSR count). The number of carbonyl (C=O) groups is 3. The number of rotatable bonds is 3. The van der Waals surface area contributed by atoms with Crippen molar-refractivity contribution in [2.75, 3.05) is 31.5 Å². The fourth-order valence-corrected chi connectivity index (χ4v) is 5.53. The average Bonchev–Trinajstić information content (AvgIpc) is 3.45. The summed E-state index contributed by atoms with van der Waals surface area (Å²) < 4.78 is 0. The number of aromatic nitrogens is 2. The zero-order valence-electron chi connectivity index (χ0n) is 19.1. The summed E-state index contributed by atoms with van der Waals surface area (Å²) >= 11 is 1.58. The highest BCUT2D eigenvalue weighted by Crippen LogP contribution is 2.44. The van der Waals surface area contributed by atoms with Gasteiger partial charge in [-0.3, -0.25) is 14.4 Å². The molecule has 1 spiro atoms. The second kappa shape index (κ2) is 9.13. The molecule has 3 aliphatic rings. The van der Waals surface area contributed by atoms with Gasteiger partial charge in [0.25, 0.3) is 0 Å². The maximum atomic E-state index is 12.9. The largest absolute Gasteiger partial charge is 0.343 e. The number of pyridine rings is 1. The minimum atomic E-state index is -0.658. The number of fused-ring (bicyclic) bond motifs is 2. The number of likely N-dealkylation sites (tertiary alicyclic amines) is 2. The molecule has 1 N–H and O–H groups in total. The van der Waals surface area contributed by atoms with Crippen LogP contribution in [0.2, 0.25) is 0 Å². The summed E-state index contributed by atoms with van der Waals surface area (Å²) in [4.78, 5) is 49.7. The van der Waals surface area contributed by atoms with Gasteiger partial charge in [-0.25, -0.2) is 9.97 Å². The normalized spacial score (nSPS) is 19.4. The van der Waals surface area contributed by atoms with E-state index in [9.17, 15) is 14.4 Å². The summed E-state index contributed by atoms with van der Waals surface area (Å²) in [5.74, 6) is 0.544. The molecule has 0 bridgehead atoms. The Labute approximate surface area is 202 Å². The van der Waals surface area contributed by atoms with Crippen molar-refractivity contribution in [2.45, 2.75) is 38.0 Å². The Morgan fingerprint density at radius 1 is 1.12 bits per heavy atom. The summed E-state index contributed by atoms with van der Waals surface area (Å²) in [5.41, 5.74) is 5.13.